The minimum Gasteiger partial charge on any atom is -0.480 e. The van der Waals surface area contributed by atoms with Gasteiger partial charge in [-0.1, -0.05) is 20.8 Å². The molecule has 0 radical (unpaired) electrons. The summed E-state index contributed by atoms with van der Waals surface area (Å²) in [6.07, 6.45) is 2.18. The lowest BCUT2D eigenvalue weighted by Gasteiger charge is -2.36. The number of nitrogens with zero attached hydrogens (tertiary/aromatic N) is 1. The van der Waals surface area contributed by atoms with Crippen molar-refractivity contribution in [3.63, 3.8) is 0 Å². The Kier molecular flexibility index (Phi) is 3.05. The van der Waals surface area contributed by atoms with Gasteiger partial charge in [-0.25, -0.2) is 5.43 Å². The molecule has 2 bridgehead atoms. The van der Waals surface area contributed by atoms with E-state index in [0.29, 0.717) is 6.42 Å². The van der Waals surface area contributed by atoms with Gasteiger partial charge in [-0.05, 0) is 30.4 Å². The SMILES string of the molecule is CC12CCC(C(=O)O)(C(=O)/C1=N\NC(=O)c1ccco1)C2(C)C. The molecular weight excluding hydrogens is 300 g/mol. The standard InChI is InChI=1S/C16H18N2O5/c1-14(2)15(3)6-7-16(14,13(21)22)11(19)10(15)17-18-12(20)9-5-4-8-23-9/h4-5,8H,6-7H2,1-3H3,(H,18,20)(H,21,22)/b17-10+. The lowest BCUT2D eigenvalue weighted by molar-refractivity contribution is -0.158. The second-order valence-corrected chi connectivity index (χ2v) is 6.88. The molecule has 2 fully saturated rings. The number of fused-ring (bicyclic) bond motifs is 2. The van der Waals surface area contributed by atoms with Crippen LogP contribution in [0.1, 0.15) is 44.2 Å². The van der Waals surface area contributed by atoms with Crippen LogP contribution in [-0.4, -0.2) is 28.5 Å². The minimum absolute atomic E-state index is 0.0716. The number of hydrogen-bond acceptors (Lipinski definition) is 5. The number of carboxylic acid groups (broad SMARTS) is 1. The average Bonchev–Trinajstić information content (AvgIpc) is 3.09. The van der Waals surface area contributed by atoms with Crippen molar-refractivity contribution >= 4 is 23.4 Å². The van der Waals surface area contributed by atoms with Crippen molar-refractivity contribution in [1.82, 2.24) is 5.43 Å². The fraction of sp³-hybridized carbons (Fsp3) is 0.500. The van der Waals surface area contributed by atoms with Crippen LogP contribution in [0.5, 0.6) is 0 Å². The zero-order chi connectivity index (χ0) is 17.0. The molecular formula is C16H18N2O5. The number of carbonyl (C=O) groups is 3. The van der Waals surface area contributed by atoms with Crippen molar-refractivity contribution in [1.29, 1.82) is 0 Å². The number of ketones is 1. The molecule has 3 rings (SSSR count). The van der Waals surface area contributed by atoms with E-state index in [1.54, 1.807) is 19.9 Å². The first-order chi connectivity index (χ1) is 10.7. The summed E-state index contributed by atoms with van der Waals surface area (Å²) in [5, 5.41) is 13.7. The molecule has 2 N–H and O–H groups in total. The Bertz CT molecular complexity index is 734. The summed E-state index contributed by atoms with van der Waals surface area (Å²) < 4.78 is 4.96. The van der Waals surface area contributed by atoms with Crippen LogP contribution >= 0.6 is 0 Å². The Balaban J connectivity index is 1.98. The zero-order valence-electron chi connectivity index (χ0n) is 13.2. The van der Waals surface area contributed by atoms with E-state index >= 15 is 0 Å². The number of Topliss-reactive ketones (excluding diaryl/α,β-unsaturated/α-hetero) is 1. The Morgan fingerprint density at radius 1 is 1.30 bits per heavy atom. The largest absolute Gasteiger partial charge is 0.480 e. The number of carbonyl (C=O) groups excluding carboxylic acids is 2. The average molecular weight is 318 g/mol. The highest BCUT2D eigenvalue weighted by Gasteiger charge is 2.77. The number of carboxylic acids is 1. The monoisotopic (exact) mass is 318 g/mol. The molecule has 2 atom stereocenters. The van der Waals surface area contributed by atoms with E-state index < -0.39 is 33.9 Å². The molecule has 1 aromatic rings. The van der Waals surface area contributed by atoms with Gasteiger partial charge in [0.05, 0.1) is 6.26 Å². The van der Waals surface area contributed by atoms with Crippen molar-refractivity contribution < 1.29 is 23.9 Å². The van der Waals surface area contributed by atoms with E-state index in [2.05, 4.69) is 10.5 Å². The summed E-state index contributed by atoms with van der Waals surface area (Å²) in [7, 11) is 0. The van der Waals surface area contributed by atoms with Crippen molar-refractivity contribution in [2.75, 3.05) is 0 Å². The van der Waals surface area contributed by atoms with Gasteiger partial charge in [-0.2, -0.15) is 5.10 Å². The molecule has 23 heavy (non-hydrogen) atoms. The normalized spacial score (nSPS) is 33.2. The highest BCUT2D eigenvalue weighted by atomic mass is 16.4. The molecule has 2 aliphatic rings. The molecule has 1 heterocycles. The van der Waals surface area contributed by atoms with Gasteiger partial charge in [0.15, 0.2) is 11.5 Å². The Morgan fingerprint density at radius 3 is 2.52 bits per heavy atom. The number of hydrogen-bond donors (Lipinski definition) is 2. The van der Waals surface area contributed by atoms with Crippen molar-refractivity contribution in [2.45, 2.75) is 33.6 Å². The molecule has 1 amide bonds. The van der Waals surface area contributed by atoms with E-state index in [1.807, 2.05) is 6.92 Å². The van der Waals surface area contributed by atoms with Gasteiger partial charge in [0, 0.05) is 5.41 Å². The third-order valence-corrected chi connectivity index (χ3v) is 5.95. The molecule has 0 spiro atoms. The van der Waals surface area contributed by atoms with Gasteiger partial charge in [0.2, 0.25) is 0 Å². The van der Waals surface area contributed by atoms with Gasteiger partial charge in [0.1, 0.15) is 11.1 Å². The fourth-order valence-corrected chi connectivity index (χ4v) is 4.01. The van der Waals surface area contributed by atoms with Crippen LogP contribution < -0.4 is 5.43 Å². The second-order valence-electron chi connectivity index (χ2n) is 6.88. The quantitative estimate of drug-likeness (QED) is 0.653. The van der Waals surface area contributed by atoms with Crippen LogP contribution in [0.2, 0.25) is 0 Å². The topological polar surface area (TPSA) is 109 Å². The number of hydrazone groups is 1. The molecule has 0 aliphatic heterocycles. The summed E-state index contributed by atoms with van der Waals surface area (Å²) in [5.74, 6) is -2.14. The predicted molar refractivity (Wildman–Crippen MR) is 79.8 cm³/mol. The first kappa shape index (κ1) is 15.5. The Labute approximate surface area is 132 Å². The molecule has 0 saturated heterocycles. The summed E-state index contributed by atoms with van der Waals surface area (Å²) in [6.45, 7) is 5.40. The zero-order valence-corrected chi connectivity index (χ0v) is 13.2. The highest BCUT2D eigenvalue weighted by Crippen LogP contribution is 2.69. The molecule has 0 aromatic carbocycles. The maximum Gasteiger partial charge on any atom is 0.318 e. The molecule has 1 aromatic heterocycles. The lowest BCUT2D eigenvalue weighted by atomic mass is 9.65. The highest BCUT2D eigenvalue weighted by molar-refractivity contribution is 6.50. The second kappa shape index (κ2) is 4.53. The van der Waals surface area contributed by atoms with E-state index in [-0.39, 0.29) is 17.9 Å². The third kappa shape index (κ3) is 1.64. The third-order valence-electron chi connectivity index (χ3n) is 5.95. The maximum atomic E-state index is 12.8. The van der Waals surface area contributed by atoms with Crippen LogP contribution in [0.15, 0.2) is 27.9 Å². The van der Waals surface area contributed by atoms with E-state index in [1.165, 1.54) is 12.3 Å². The number of furan rings is 1. The predicted octanol–water partition coefficient (Wildman–Crippen LogP) is 1.85. The molecule has 2 aliphatic carbocycles. The first-order valence-corrected chi connectivity index (χ1v) is 7.39. The summed E-state index contributed by atoms with van der Waals surface area (Å²) >= 11 is 0. The minimum atomic E-state index is -1.48. The number of amides is 1. The van der Waals surface area contributed by atoms with Crippen LogP contribution in [0.3, 0.4) is 0 Å². The molecule has 2 saturated carbocycles. The van der Waals surface area contributed by atoms with Crippen molar-refractivity contribution in [3.8, 4) is 0 Å². The van der Waals surface area contributed by atoms with E-state index in [0.717, 1.165) is 0 Å². The first-order valence-electron chi connectivity index (χ1n) is 7.39. The number of aliphatic carboxylic acids is 1. The smallest absolute Gasteiger partial charge is 0.318 e. The van der Waals surface area contributed by atoms with Crippen LogP contribution in [-0.2, 0) is 9.59 Å². The Morgan fingerprint density at radius 2 is 2.00 bits per heavy atom. The van der Waals surface area contributed by atoms with E-state index in [9.17, 15) is 19.5 Å². The van der Waals surface area contributed by atoms with Gasteiger partial charge < -0.3 is 9.52 Å². The number of rotatable bonds is 3. The molecule has 7 nitrogen and oxygen atoms in total. The summed E-state index contributed by atoms with van der Waals surface area (Å²) in [4.78, 5) is 36.5. The van der Waals surface area contributed by atoms with Crippen LogP contribution in [0.4, 0.5) is 0 Å². The van der Waals surface area contributed by atoms with Gasteiger partial charge in [0.25, 0.3) is 0 Å². The maximum absolute atomic E-state index is 12.8. The Hall–Kier alpha value is -2.44. The number of nitrogens with one attached hydrogen (secondary N) is 1. The van der Waals surface area contributed by atoms with Crippen molar-refractivity contribution in [3.05, 3.63) is 24.2 Å². The van der Waals surface area contributed by atoms with Crippen LogP contribution in [0.25, 0.3) is 0 Å². The summed E-state index contributed by atoms with van der Waals surface area (Å²) in [6, 6.07) is 3.04. The van der Waals surface area contributed by atoms with E-state index in [4.69, 9.17) is 4.42 Å². The lowest BCUT2D eigenvalue weighted by Crippen LogP contribution is -2.44. The molecule has 2 unspecified atom stereocenters. The van der Waals surface area contributed by atoms with Crippen molar-refractivity contribution in [2.24, 2.45) is 21.3 Å². The van der Waals surface area contributed by atoms with Gasteiger partial charge in [-0.15, -0.1) is 0 Å². The summed E-state index contributed by atoms with van der Waals surface area (Å²) in [5.41, 5.74) is -0.528. The molecule has 7 heteroatoms. The van der Waals surface area contributed by atoms with Gasteiger partial charge in [-0.3, -0.25) is 14.4 Å². The fourth-order valence-electron chi connectivity index (χ4n) is 4.01. The van der Waals surface area contributed by atoms with Crippen LogP contribution in [0, 0.1) is 16.2 Å². The molecule has 122 valence electrons. The van der Waals surface area contributed by atoms with Gasteiger partial charge >= 0.3 is 11.9 Å².